The van der Waals surface area contributed by atoms with Crippen LogP contribution in [0.1, 0.15) is 25.7 Å². The van der Waals surface area contributed by atoms with E-state index >= 15 is 0 Å². The maximum Gasteiger partial charge on any atom is 0.305 e. The number of amides is 1. The molecule has 0 aromatic heterocycles. The van der Waals surface area contributed by atoms with Crippen molar-refractivity contribution in [2.24, 2.45) is 0 Å². The van der Waals surface area contributed by atoms with Gasteiger partial charge >= 0.3 is 5.97 Å². The number of carbonyl (C=O) groups is 2. The minimum Gasteiger partial charge on any atom is -0.481 e. The molecule has 1 saturated carbocycles. The number of aliphatic carboxylic acids is 1. The molecule has 2 N–H and O–H groups in total. The SMILES string of the molecule is O=C(O)CC1(NC(=O)CS(=O)(=O)c2ccc(Cl)cc2)CCC1. The standard InChI is InChI=1S/C14H16ClNO5S/c15-10-2-4-11(5-3-10)22(20,21)9-12(17)16-14(6-1-7-14)8-13(18)19/h2-5H,1,6-9H2,(H,16,17)(H,18,19). The predicted molar refractivity (Wildman–Crippen MR) is 80.5 cm³/mol. The summed E-state index contributed by atoms with van der Waals surface area (Å²) in [5, 5.41) is 11.9. The highest BCUT2D eigenvalue weighted by atomic mass is 35.5. The first-order valence-corrected chi connectivity index (χ1v) is 8.77. The molecule has 1 fully saturated rings. The van der Waals surface area contributed by atoms with E-state index in [1.54, 1.807) is 0 Å². The molecule has 0 heterocycles. The normalized spacial score (nSPS) is 16.6. The van der Waals surface area contributed by atoms with Crippen LogP contribution < -0.4 is 5.32 Å². The second-order valence-electron chi connectivity index (χ2n) is 5.47. The van der Waals surface area contributed by atoms with Gasteiger partial charge in [-0.2, -0.15) is 0 Å². The molecule has 1 amide bonds. The summed E-state index contributed by atoms with van der Waals surface area (Å²) in [4.78, 5) is 22.8. The van der Waals surface area contributed by atoms with Crippen LogP contribution in [0.4, 0.5) is 0 Å². The van der Waals surface area contributed by atoms with Crippen molar-refractivity contribution in [3.8, 4) is 0 Å². The van der Waals surface area contributed by atoms with Gasteiger partial charge in [0.2, 0.25) is 5.91 Å². The molecule has 0 atom stereocenters. The van der Waals surface area contributed by atoms with E-state index in [4.69, 9.17) is 16.7 Å². The molecular weight excluding hydrogens is 330 g/mol. The number of benzene rings is 1. The van der Waals surface area contributed by atoms with Gasteiger partial charge in [-0.05, 0) is 43.5 Å². The van der Waals surface area contributed by atoms with Crippen LogP contribution in [0, 0.1) is 0 Å². The molecule has 1 aliphatic carbocycles. The van der Waals surface area contributed by atoms with E-state index in [-0.39, 0.29) is 11.3 Å². The van der Waals surface area contributed by atoms with Crippen molar-refractivity contribution in [3.63, 3.8) is 0 Å². The topological polar surface area (TPSA) is 101 Å². The quantitative estimate of drug-likeness (QED) is 0.816. The zero-order valence-electron chi connectivity index (χ0n) is 11.7. The van der Waals surface area contributed by atoms with E-state index in [1.165, 1.54) is 24.3 Å². The molecule has 6 nitrogen and oxygen atoms in total. The summed E-state index contributed by atoms with van der Waals surface area (Å²) in [7, 11) is -3.78. The van der Waals surface area contributed by atoms with Crippen LogP contribution in [-0.2, 0) is 19.4 Å². The summed E-state index contributed by atoms with van der Waals surface area (Å²) < 4.78 is 24.3. The average Bonchev–Trinajstić information content (AvgIpc) is 2.35. The number of carboxylic acid groups (broad SMARTS) is 1. The molecule has 2 rings (SSSR count). The fourth-order valence-electron chi connectivity index (χ4n) is 2.47. The largest absolute Gasteiger partial charge is 0.481 e. The number of hydrogen-bond donors (Lipinski definition) is 2. The third kappa shape index (κ3) is 3.98. The lowest BCUT2D eigenvalue weighted by Crippen LogP contribution is -2.55. The van der Waals surface area contributed by atoms with Gasteiger partial charge in [0.1, 0.15) is 5.75 Å². The van der Waals surface area contributed by atoms with Crippen LogP contribution in [0.15, 0.2) is 29.2 Å². The van der Waals surface area contributed by atoms with Crippen LogP contribution in [0.2, 0.25) is 5.02 Å². The summed E-state index contributed by atoms with van der Waals surface area (Å²) >= 11 is 5.70. The number of carbonyl (C=O) groups excluding carboxylic acids is 1. The van der Waals surface area contributed by atoms with E-state index in [0.717, 1.165) is 6.42 Å². The number of rotatable bonds is 6. The third-order valence-electron chi connectivity index (χ3n) is 3.70. The van der Waals surface area contributed by atoms with Crippen LogP contribution in [0.5, 0.6) is 0 Å². The lowest BCUT2D eigenvalue weighted by atomic mass is 9.74. The molecule has 120 valence electrons. The maximum atomic E-state index is 12.1. The summed E-state index contributed by atoms with van der Waals surface area (Å²) in [6.07, 6.45) is 1.72. The smallest absolute Gasteiger partial charge is 0.305 e. The van der Waals surface area contributed by atoms with Gasteiger partial charge in [-0.15, -0.1) is 0 Å². The van der Waals surface area contributed by atoms with E-state index in [9.17, 15) is 18.0 Å². The Morgan fingerprint density at radius 1 is 1.23 bits per heavy atom. The minimum absolute atomic E-state index is 0.00736. The van der Waals surface area contributed by atoms with Crippen LogP contribution >= 0.6 is 11.6 Å². The maximum absolute atomic E-state index is 12.1. The number of halogens is 1. The van der Waals surface area contributed by atoms with Gasteiger partial charge in [-0.25, -0.2) is 8.42 Å². The molecule has 8 heteroatoms. The van der Waals surface area contributed by atoms with Gasteiger partial charge < -0.3 is 10.4 Å². The van der Waals surface area contributed by atoms with E-state index in [0.29, 0.717) is 17.9 Å². The van der Waals surface area contributed by atoms with Gasteiger partial charge in [-0.1, -0.05) is 11.6 Å². The van der Waals surface area contributed by atoms with E-state index in [1.807, 2.05) is 0 Å². The summed E-state index contributed by atoms with van der Waals surface area (Å²) in [5.74, 6) is -2.41. The molecule has 1 aromatic rings. The Kier molecular flexibility index (Phi) is 4.77. The second kappa shape index (κ2) is 6.26. The predicted octanol–water partition coefficient (Wildman–Crippen LogP) is 1.63. The summed E-state index contributed by atoms with van der Waals surface area (Å²) in [6.45, 7) is 0. The van der Waals surface area contributed by atoms with E-state index < -0.39 is 33.0 Å². The van der Waals surface area contributed by atoms with Crippen LogP contribution in [-0.4, -0.2) is 36.7 Å². The Morgan fingerprint density at radius 3 is 2.27 bits per heavy atom. The van der Waals surface area contributed by atoms with Crippen molar-refractivity contribution in [1.82, 2.24) is 5.32 Å². The van der Waals surface area contributed by atoms with Crippen LogP contribution in [0.3, 0.4) is 0 Å². The lowest BCUT2D eigenvalue weighted by Gasteiger charge is -2.41. The number of sulfone groups is 1. The average molecular weight is 346 g/mol. The molecule has 1 aromatic carbocycles. The molecule has 0 aliphatic heterocycles. The van der Waals surface area contributed by atoms with Crippen molar-refractivity contribution >= 4 is 33.3 Å². The third-order valence-corrected chi connectivity index (χ3v) is 5.58. The number of hydrogen-bond acceptors (Lipinski definition) is 4. The first-order chi connectivity index (χ1) is 10.2. The first kappa shape index (κ1) is 16.8. The van der Waals surface area contributed by atoms with Crippen molar-refractivity contribution in [2.75, 3.05) is 5.75 Å². The highest BCUT2D eigenvalue weighted by Crippen LogP contribution is 2.35. The van der Waals surface area contributed by atoms with Gasteiger partial charge in [0.05, 0.1) is 16.9 Å². The summed E-state index contributed by atoms with van der Waals surface area (Å²) in [5.41, 5.74) is -0.807. The zero-order chi connectivity index (χ0) is 16.4. The fraction of sp³-hybridized carbons (Fsp3) is 0.429. The lowest BCUT2D eigenvalue weighted by molar-refractivity contribution is -0.140. The molecule has 0 bridgehead atoms. The Morgan fingerprint density at radius 2 is 1.82 bits per heavy atom. The minimum atomic E-state index is -3.78. The Hall–Kier alpha value is -1.60. The number of nitrogens with one attached hydrogen (secondary N) is 1. The van der Waals surface area contributed by atoms with Crippen molar-refractivity contribution < 1.29 is 23.1 Å². The molecule has 0 saturated heterocycles. The molecular formula is C14H16ClNO5S. The van der Waals surface area contributed by atoms with E-state index in [2.05, 4.69) is 5.32 Å². The molecule has 0 radical (unpaired) electrons. The van der Waals surface area contributed by atoms with Crippen molar-refractivity contribution in [2.45, 2.75) is 36.1 Å². The monoisotopic (exact) mass is 345 g/mol. The highest BCUT2D eigenvalue weighted by Gasteiger charge is 2.40. The Balaban J connectivity index is 2.04. The molecule has 0 spiro atoms. The van der Waals surface area contributed by atoms with Gasteiger partial charge in [-0.3, -0.25) is 9.59 Å². The fourth-order valence-corrected chi connectivity index (χ4v) is 3.73. The zero-order valence-corrected chi connectivity index (χ0v) is 13.3. The van der Waals surface area contributed by atoms with Crippen molar-refractivity contribution in [1.29, 1.82) is 0 Å². The first-order valence-electron chi connectivity index (χ1n) is 6.74. The second-order valence-corrected chi connectivity index (χ2v) is 7.89. The van der Waals surface area contributed by atoms with Gasteiger partial charge in [0.25, 0.3) is 0 Å². The summed E-state index contributed by atoms with van der Waals surface area (Å²) in [6, 6.07) is 5.54. The van der Waals surface area contributed by atoms with Crippen molar-refractivity contribution in [3.05, 3.63) is 29.3 Å². The molecule has 22 heavy (non-hydrogen) atoms. The van der Waals surface area contributed by atoms with Crippen LogP contribution in [0.25, 0.3) is 0 Å². The Labute approximate surface area is 133 Å². The highest BCUT2D eigenvalue weighted by molar-refractivity contribution is 7.92. The molecule has 1 aliphatic rings. The van der Waals surface area contributed by atoms with Gasteiger partial charge in [0, 0.05) is 5.02 Å². The van der Waals surface area contributed by atoms with Gasteiger partial charge in [0.15, 0.2) is 9.84 Å². The molecule has 0 unspecified atom stereocenters. The number of carboxylic acids is 1. The Bertz CT molecular complexity index is 680.